The quantitative estimate of drug-likeness (QED) is 0.653. The number of hydrogen-bond acceptors (Lipinski definition) is 1. The molecule has 0 aromatic carbocycles. The first-order valence-electron chi connectivity index (χ1n) is 10.2. The van der Waals surface area contributed by atoms with Crippen LogP contribution in [-0.2, 0) is 0 Å². The van der Waals surface area contributed by atoms with Gasteiger partial charge in [-0.2, -0.15) is 0 Å². The molecule has 0 amide bonds. The van der Waals surface area contributed by atoms with Crippen LogP contribution in [0.3, 0.4) is 0 Å². The van der Waals surface area contributed by atoms with Crippen molar-refractivity contribution in [2.24, 2.45) is 29.1 Å². The van der Waals surface area contributed by atoms with Crippen molar-refractivity contribution in [2.45, 2.75) is 84.2 Å². The molecule has 0 unspecified atom stereocenters. The van der Waals surface area contributed by atoms with Gasteiger partial charge in [0.15, 0.2) is 0 Å². The summed E-state index contributed by atoms with van der Waals surface area (Å²) in [6.07, 6.45) is 17.8. The summed E-state index contributed by atoms with van der Waals surface area (Å²) in [7, 11) is 0. The molecule has 0 heterocycles. The second-order valence-corrected chi connectivity index (χ2v) is 8.98. The van der Waals surface area contributed by atoms with Crippen LogP contribution in [0.5, 0.6) is 0 Å². The second kappa shape index (κ2) is 6.06. The second-order valence-electron chi connectivity index (χ2n) is 8.98. The van der Waals surface area contributed by atoms with Gasteiger partial charge in [0.25, 0.3) is 0 Å². The van der Waals surface area contributed by atoms with E-state index in [1.54, 1.807) is 5.57 Å². The van der Waals surface area contributed by atoms with Crippen LogP contribution in [0, 0.1) is 29.1 Å². The fraction of sp³-hybridized carbons (Fsp3) is 0.818. The Balaban J connectivity index is 1.57. The molecule has 0 aromatic heterocycles. The molecule has 1 nitrogen and oxygen atoms in total. The van der Waals surface area contributed by atoms with Crippen molar-refractivity contribution >= 4 is 0 Å². The Morgan fingerprint density at radius 3 is 2.83 bits per heavy atom. The van der Waals surface area contributed by atoms with Gasteiger partial charge in [-0.15, -0.1) is 0 Å². The van der Waals surface area contributed by atoms with E-state index < -0.39 is 0 Å². The Bertz CT molecular complexity index is 516. The molecule has 4 aliphatic carbocycles. The highest BCUT2D eigenvalue weighted by Gasteiger charge is 2.54. The molecule has 0 aliphatic heterocycles. The zero-order valence-corrected chi connectivity index (χ0v) is 15.1. The molecule has 0 aromatic rings. The lowest BCUT2D eigenvalue weighted by molar-refractivity contribution is 0.00822. The molecule has 1 heteroatoms. The van der Waals surface area contributed by atoms with Crippen LogP contribution < -0.4 is 0 Å². The van der Waals surface area contributed by atoms with Gasteiger partial charge in [0.1, 0.15) is 0 Å². The fourth-order valence-corrected chi connectivity index (χ4v) is 6.81. The highest BCUT2D eigenvalue weighted by Crippen LogP contribution is 2.63. The monoisotopic (exact) mass is 314 g/mol. The van der Waals surface area contributed by atoms with Crippen LogP contribution in [0.1, 0.15) is 78.1 Å². The van der Waals surface area contributed by atoms with Crippen LogP contribution in [0.25, 0.3) is 0 Å². The van der Waals surface area contributed by atoms with E-state index >= 15 is 0 Å². The maximum absolute atomic E-state index is 9.97. The lowest BCUT2D eigenvalue weighted by Crippen LogP contribution is -2.45. The molecule has 0 saturated heterocycles. The summed E-state index contributed by atoms with van der Waals surface area (Å²) in [6, 6.07) is 0. The fourth-order valence-electron chi connectivity index (χ4n) is 6.81. The summed E-state index contributed by atoms with van der Waals surface area (Å²) in [5.41, 5.74) is 3.95. The lowest BCUT2D eigenvalue weighted by Gasteiger charge is -2.53. The van der Waals surface area contributed by atoms with Crippen molar-refractivity contribution in [3.63, 3.8) is 0 Å². The van der Waals surface area contributed by atoms with Crippen molar-refractivity contribution in [3.05, 3.63) is 23.3 Å². The smallest absolute Gasteiger partial charge is 0.0723 e. The van der Waals surface area contributed by atoms with Crippen LogP contribution >= 0.6 is 0 Å². The first kappa shape index (κ1) is 15.9. The summed E-state index contributed by atoms with van der Waals surface area (Å²) in [5.74, 6) is 3.63. The van der Waals surface area contributed by atoms with Gasteiger partial charge in [0.2, 0.25) is 0 Å². The van der Waals surface area contributed by atoms with Gasteiger partial charge in [0.05, 0.1) is 6.10 Å². The lowest BCUT2D eigenvalue weighted by atomic mass is 9.52. The largest absolute Gasteiger partial charge is 0.389 e. The average Bonchev–Trinajstić information content (AvgIpc) is 2.89. The summed E-state index contributed by atoms with van der Waals surface area (Å²) in [4.78, 5) is 0. The Kier molecular flexibility index (Phi) is 4.20. The highest BCUT2D eigenvalue weighted by molar-refractivity contribution is 5.26. The number of fused-ring (bicyclic) bond motifs is 5. The number of hydrogen-bond donors (Lipinski definition) is 1. The molecule has 1 N–H and O–H groups in total. The average molecular weight is 315 g/mol. The zero-order chi connectivity index (χ0) is 16.0. The van der Waals surface area contributed by atoms with E-state index in [0.29, 0.717) is 5.41 Å². The maximum atomic E-state index is 9.97. The Morgan fingerprint density at radius 1 is 1.13 bits per heavy atom. The van der Waals surface area contributed by atoms with E-state index in [2.05, 4.69) is 26.0 Å². The third-order valence-corrected chi connectivity index (χ3v) is 7.96. The summed E-state index contributed by atoms with van der Waals surface area (Å²) in [5, 5.41) is 9.97. The normalized spacial score (nSPS) is 47.7. The third-order valence-electron chi connectivity index (χ3n) is 7.96. The molecule has 3 fully saturated rings. The van der Waals surface area contributed by atoms with Gasteiger partial charge in [-0.25, -0.2) is 0 Å². The van der Waals surface area contributed by atoms with Gasteiger partial charge in [-0.05, 0) is 86.9 Å². The molecule has 23 heavy (non-hydrogen) atoms. The van der Waals surface area contributed by atoms with Crippen LogP contribution in [0.4, 0.5) is 0 Å². The minimum Gasteiger partial charge on any atom is -0.389 e. The summed E-state index contributed by atoms with van der Waals surface area (Å²) >= 11 is 0. The van der Waals surface area contributed by atoms with E-state index in [1.165, 1.54) is 57.8 Å². The minimum atomic E-state index is -0.151. The van der Waals surface area contributed by atoms with E-state index in [4.69, 9.17) is 0 Å². The Hall–Kier alpha value is -0.560. The summed E-state index contributed by atoms with van der Waals surface area (Å²) in [6.45, 7) is 4.90. The molecule has 3 saturated carbocycles. The molecule has 6 atom stereocenters. The van der Waals surface area contributed by atoms with Gasteiger partial charge in [-0.3, -0.25) is 0 Å². The number of unbranched alkanes of at least 4 members (excludes halogenated alkanes) is 1. The molecule has 4 rings (SSSR count). The molecular weight excluding hydrogens is 280 g/mol. The van der Waals surface area contributed by atoms with E-state index in [-0.39, 0.29) is 6.10 Å². The molecular formula is C22H34O. The van der Waals surface area contributed by atoms with Crippen molar-refractivity contribution in [1.29, 1.82) is 0 Å². The van der Waals surface area contributed by atoms with Crippen LogP contribution in [0.2, 0.25) is 0 Å². The predicted molar refractivity (Wildman–Crippen MR) is 96.1 cm³/mol. The van der Waals surface area contributed by atoms with E-state index in [0.717, 1.165) is 30.1 Å². The molecule has 0 radical (unpaired) electrons. The minimum absolute atomic E-state index is 0.151. The predicted octanol–water partition coefficient (Wildman–Crippen LogP) is 5.65. The number of rotatable bonds is 2. The van der Waals surface area contributed by atoms with Crippen LogP contribution in [0.15, 0.2) is 23.3 Å². The zero-order valence-electron chi connectivity index (χ0n) is 15.1. The first-order chi connectivity index (χ1) is 11.1. The van der Waals surface area contributed by atoms with Crippen molar-refractivity contribution in [1.82, 2.24) is 0 Å². The van der Waals surface area contributed by atoms with E-state index in [9.17, 15) is 5.11 Å². The number of aliphatic hydroxyl groups excluding tert-OH is 1. The molecule has 0 bridgehead atoms. The molecule has 128 valence electrons. The standard InChI is InChI=1S/C22H34O/c1-3-4-5-16-7-11-21-20-9-6-15-14-17(23)8-10-18(15)19(20)12-13-22(16,21)2/h5,14,17-21,23H,3-4,6-13H2,1-2H3/b16-5-/t17-,18-,19+,20+,21-,22+/m0/s1. The van der Waals surface area contributed by atoms with E-state index in [1.807, 2.05) is 5.57 Å². The molecule has 4 aliphatic rings. The van der Waals surface area contributed by atoms with Crippen LogP contribution in [-0.4, -0.2) is 11.2 Å². The highest BCUT2D eigenvalue weighted by atomic mass is 16.3. The van der Waals surface area contributed by atoms with Gasteiger partial charge >= 0.3 is 0 Å². The van der Waals surface area contributed by atoms with Crippen molar-refractivity contribution in [3.8, 4) is 0 Å². The Morgan fingerprint density at radius 2 is 2.00 bits per heavy atom. The number of aliphatic hydroxyl groups is 1. The van der Waals surface area contributed by atoms with Crippen molar-refractivity contribution < 1.29 is 5.11 Å². The van der Waals surface area contributed by atoms with Gasteiger partial charge in [0, 0.05) is 0 Å². The topological polar surface area (TPSA) is 20.2 Å². The van der Waals surface area contributed by atoms with Gasteiger partial charge < -0.3 is 5.11 Å². The maximum Gasteiger partial charge on any atom is 0.0723 e. The molecule has 0 spiro atoms. The van der Waals surface area contributed by atoms with Crippen molar-refractivity contribution in [2.75, 3.05) is 0 Å². The SMILES string of the molecule is CCC/C=C1/CC[C@H]2[C@@H]3CCC4=C[C@@H](O)CC[C@@H]4[C@H]3CC[C@]12C. The van der Waals surface area contributed by atoms with Gasteiger partial charge in [-0.1, -0.05) is 43.6 Å². The third kappa shape index (κ3) is 2.54. The Labute approximate surface area is 142 Å². The summed E-state index contributed by atoms with van der Waals surface area (Å²) < 4.78 is 0. The first-order valence-corrected chi connectivity index (χ1v) is 10.2. The number of allylic oxidation sites excluding steroid dienone is 3.